The number of benzene rings is 1. The Morgan fingerprint density at radius 2 is 1.97 bits per heavy atom. The van der Waals surface area contributed by atoms with E-state index in [4.69, 9.17) is 15.6 Å². The molecule has 39 heavy (non-hydrogen) atoms. The molecule has 3 N–H and O–H groups in total. The Balaban J connectivity index is 1.40. The molecule has 0 spiro atoms. The molecular weight excluding hydrogens is 559 g/mol. The van der Waals surface area contributed by atoms with Gasteiger partial charge < -0.3 is 20.2 Å². The number of amides is 4. The second kappa shape index (κ2) is 11.6. The van der Waals surface area contributed by atoms with Gasteiger partial charge in [0.15, 0.2) is 0 Å². The summed E-state index contributed by atoms with van der Waals surface area (Å²) in [7, 11) is -1.46. The molecule has 0 radical (unpaired) electrons. The van der Waals surface area contributed by atoms with Gasteiger partial charge in [0.05, 0.1) is 28.9 Å². The molecule has 3 aliphatic rings. The first kappa shape index (κ1) is 27.6. The summed E-state index contributed by atoms with van der Waals surface area (Å²) in [5.41, 5.74) is 0.875. The highest BCUT2D eigenvalue weighted by molar-refractivity contribution is 8.40. The zero-order chi connectivity index (χ0) is 27.7. The quantitative estimate of drug-likeness (QED) is 0.279. The molecule has 3 aliphatic heterocycles. The third-order valence-electron chi connectivity index (χ3n) is 7.34. The van der Waals surface area contributed by atoms with Gasteiger partial charge in [0.25, 0.3) is 11.1 Å². The molecular formula is C27H29N3O6S3. The SMILES string of the molecule is CCCC(C(=O)O)C(CCC1SCC2NC(=O)NC21)N1C(=O)/C(=C/c2ccc(-c3ccccc3)o2)S(=S)C1=O. The lowest BCUT2D eigenvalue weighted by atomic mass is 9.88. The average molecular weight is 588 g/mol. The van der Waals surface area contributed by atoms with E-state index in [0.29, 0.717) is 37.2 Å². The van der Waals surface area contributed by atoms with Crippen molar-refractivity contribution in [3.63, 3.8) is 0 Å². The number of hydrogen-bond donors (Lipinski definition) is 3. The smallest absolute Gasteiger partial charge is 0.315 e. The van der Waals surface area contributed by atoms with Gasteiger partial charge in [-0.2, -0.15) is 11.8 Å². The Morgan fingerprint density at radius 1 is 1.21 bits per heavy atom. The third-order valence-corrected chi connectivity index (χ3v) is 11.0. The van der Waals surface area contributed by atoms with Crippen molar-refractivity contribution in [3.05, 3.63) is 53.1 Å². The lowest BCUT2D eigenvalue weighted by Gasteiger charge is -2.31. The fourth-order valence-electron chi connectivity index (χ4n) is 5.46. The highest BCUT2D eigenvalue weighted by atomic mass is 32.8. The Kier molecular flexibility index (Phi) is 8.24. The summed E-state index contributed by atoms with van der Waals surface area (Å²) in [5.74, 6) is -0.749. The summed E-state index contributed by atoms with van der Waals surface area (Å²) in [5, 5.41) is 15.4. The molecule has 2 aromatic rings. The Morgan fingerprint density at radius 3 is 2.69 bits per heavy atom. The van der Waals surface area contributed by atoms with E-state index in [2.05, 4.69) is 10.6 Å². The number of thioether (sulfide) groups is 1. The second-order valence-corrected chi connectivity index (χ2v) is 13.4. The van der Waals surface area contributed by atoms with Gasteiger partial charge in [-0.3, -0.25) is 19.3 Å². The Hall–Kier alpha value is -2.96. The van der Waals surface area contributed by atoms with E-state index in [1.807, 2.05) is 37.3 Å². The van der Waals surface area contributed by atoms with Crippen molar-refractivity contribution in [2.24, 2.45) is 5.92 Å². The van der Waals surface area contributed by atoms with Crippen LogP contribution in [0.15, 0.2) is 51.8 Å². The summed E-state index contributed by atoms with van der Waals surface area (Å²) in [6.45, 7) is 1.88. The van der Waals surface area contributed by atoms with Crippen LogP contribution in [0.4, 0.5) is 9.59 Å². The number of furan rings is 1. The molecule has 9 nitrogen and oxygen atoms in total. The number of carboxylic acids is 1. The average Bonchev–Trinajstić information content (AvgIpc) is 3.67. The van der Waals surface area contributed by atoms with Crippen LogP contribution in [0.5, 0.6) is 0 Å². The first-order valence-electron chi connectivity index (χ1n) is 12.9. The molecule has 4 heterocycles. The summed E-state index contributed by atoms with van der Waals surface area (Å²) in [6, 6.07) is 11.9. The molecule has 6 atom stereocenters. The number of imide groups is 1. The standard InChI is InChI=1S/C27H29N3O6S3/c1-2-6-17(25(32)33)19(10-12-21-23-18(14-38-21)28-26(34)29-23)30-24(31)22(39(37)27(30)35)13-16-9-11-20(36-16)15-7-4-3-5-8-15/h3-5,7-9,11,13,17-19,21,23H,2,6,10,12,14H2,1H3,(H,32,33)(H2,28,29,34)/b22-13-. The summed E-state index contributed by atoms with van der Waals surface area (Å²) < 4.78 is 5.91. The minimum absolute atomic E-state index is 0.0222. The number of hydrogen-bond acceptors (Lipinski definition) is 7. The molecule has 206 valence electrons. The van der Waals surface area contributed by atoms with Crippen LogP contribution in [0.25, 0.3) is 17.4 Å². The maximum Gasteiger partial charge on any atom is 0.315 e. The van der Waals surface area contributed by atoms with E-state index in [9.17, 15) is 24.3 Å². The van der Waals surface area contributed by atoms with E-state index < -0.39 is 38.5 Å². The molecule has 1 aromatic heterocycles. The number of carbonyl (C=O) groups is 4. The number of carbonyl (C=O) groups excluding carboxylic acids is 3. The third kappa shape index (κ3) is 5.55. The second-order valence-electron chi connectivity index (χ2n) is 9.79. The van der Waals surface area contributed by atoms with Crippen molar-refractivity contribution in [1.29, 1.82) is 0 Å². The summed E-state index contributed by atoms with van der Waals surface area (Å²) in [6.07, 6.45) is 3.27. The zero-order valence-electron chi connectivity index (χ0n) is 21.2. The number of nitrogens with one attached hydrogen (secondary N) is 2. The van der Waals surface area contributed by atoms with Gasteiger partial charge in [0.2, 0.25) is 0 Å². The Bertz CT molecular complexity index is 1340. The molecule has 5 rings (SSSR count). The largest absolute Gasteiger partial charge is 0.481 e. The van der Waals surface area contributed by atoms with Gasteiger partial charge in [-0.15, -0.1) is 0 Å². The molecule has 3 saturated heterocycles. The van der Waals surface area contributed by atoms with Crippen molar-refractivity contribution >= 4 is 61.6 Å². The minimum Gasteiger partial charge on any atom is -0.481 e. The number of nitrogens with zero attached hydrogens (tertiary/aromatic N) is 1. The molecule has 1 aromatic carbocycles. The monoisotopic (exact) mass is 587 g/mol. The van der Waals surface area contributed by atoms with E-state index in [-0.39, 0.29) is 28.3 Å². The lowest BCUT2D eigenvalue weighted by Crippen LogP contribution is -2.47. The van der Waals surface area contributed by atoms with Crippen molar-refractivity contribution in [1.82, 2.24) is 15.5 Å². The number of fused-ring (bicyclic) bond motifs is 1. The van der Waals surface area contributed by atoms with Crippen LogP contribution in [-0.2, 0) is 30.2 Å². The number of rotatable bonds is 10. The zero-order valence-corrected chi connectivity index (χ0v) is 23.7. The molecule has 6 unspecified atom stereocenters. The van der Waals surface area contributed by atoms with Gasteiger partial charge in [-0.05, 0) is 42.6 Å². The van der Waals surface area contributed by atoms with E-state index in [0.717, 1.165) is 16.2 Å². The number of aliphatic carboxylic acids is 1. The van der Waals surface area contributed by atoms with Crippen molar-refractivity contribution in [2.75, 3.05) is 5.75 Å². The highest BCUT2D eigenvalue weighted by Gasteiger charge is 2.48. The first-order chi connectivity index (χ1) is 18.8. The van der Waals surface area contributed by atoms with Crippen LogP contribution in [-0.4, -0.2) is 62.3 Å². The molecule has 12 heteroatoms. The van der Waals surface area contributed by atoms with Gasteiger partial charge in [0, 0.05) is 32.1 Å². The van der Waals surface area contributed by atoms with Crippen LogP contribution in [0.1, 0.15) is 38.4 Å². The fraction of sp³-hybridized carbons (Fsp3) is 0.407. The Labute approximate surface area is 237 Å². The predicted octanol–water partition coefficient (Wildman–Crippen LogP) is 4.15. The molecule has 0 bridgehead atoms. The number of carboxylic acid groups (broad SMARTS) is 1. The van der Waals surface area contributed by atoms with E-state index >= 15 is 0 Å². The van der Waals surface area contributed by atoms with Crippen LogP contribution < -0.4 is 10.6 Å². The van der Waals surface area contributed by atoms with Crippen molar-refractivity contribution in [3.8, 4) is 11.3 Å². The fourth-order valence-corrected chi connectivity index (χ4v) is 8.64. The number of urea groups is 1. The van der Waals surface area contributed by atoms with Gasteiger partial charge in [-0.25, -0.2) is 4.79 Å². The molecule has 0 saturated carbocycles. The maximum atomic E-state index is 13.7. The normalized spacial score (nSPS) is 26.9. The summed E-state index contributed by atoms with van der Waals surface area (Å²) in [4.78, 5) is 52.5. The molecule has 0 aliphatic carbocycles. The minimum atomic E-state index is -1.46. The van der Waals surface area contributed by atoms with Crippen LogP contribution in [0, 0.1) is 5.92 Å². The van der Waals surface area contributed by atoms with E-state index in [1.54, 1.807) is 23.9 Å². The predicted molar refractivity (Wildman–Crippen MR) is 154 cm³/mol. The van der Waals surface area contributed by atoms with Gasteiger partial charge >= 0.3 is 12.0 Å². The maximum absolute atomic E-state index is 13.7. The highest BCUT2D eigenvalue weighted by Crippen LogP contribution is 2.37. The summed E-state index contributed by atoms with van der Waals surface area (Å²) >= 11 is 7.20. The topological polar surface area (TPSA) is 129 Å². The molecule has 4 amide bonds. The van der Waals surface area contributed by atoms with Crippen LogP contribution in [0.3, 0.4) is 0 Å². The molecule has 3 fully saturated rings. The first-order valence-corrected chi connectivity index (χ1v) is 16.1. The van der Waals surface area contributed by atoms with Gasteiger partial charge in [0.1, 0.15) is 11.5 Å². The van der Waals surface area contributed by atoms with E-state index in [1.165, 1.54) is 6.08 Å². The lowest BCUT2D eigenvalue weighted by molar-refractivity contribution is -0.145. The van der Waals surface area contributed by atoms with Crippen molar-refractivity contribution < 1.29 is 28.7 Å². The van der Waals surface area contributed by atoms with Gasteiger partial charge in [-0.1, -0.05) is 43.7 Å². The van der Waals surface area contributed by atoms with Crippen LogP contribution >= 0.6 is 11.8 Å². The van der Waals surface area contributed by atoms with Crippen molar-refractivity contribution in [2.45, 2.75) is 56.0 Å². The van der Waals surface area contributed by atoms with Crippen LogP contribution in [0.2, 0.25) is 0 Å².